The van der Waals surface area contributed by atoms with Crippen LogP contribution in [0.3, 0.4) is 0 Å². The topological polar surface area (TPSA) is 45.7 Å². The van der Waals surface area contributed by atoms with Crippen molar-refractivity contribution in [2.24, 2.45) is 0 Å². The predicted octanol–water partition coefficient (Wildman–Crippen LogP) is 3.55. The molecule has 0 N–H and O–H groups in total. The zero-order valence-electron chi connectivity index (χ0n) is 17.0. The Kier molecular flexibility index (Phi) is 5.88. The molecule has 4 rings (SSSR count). The normalized spacial score (nSPS) is 17.4. The second kappa shape index (κ2) is 8.72. The molecule has 1 aliphatic heterocycles. The maximum Gasteiger partial charge on any atom is 0.254 e. The summed E-state index contributed by atoms with van der Waals surface area (Å²) in [5.74, 6) is -0.0124. The number of fused-ring (bicyclic) bond motifs is 1. The van der Waals surface area contributed by atoms with Gasteiger partial charge in [0.15, 0.2) is 0 Å². The molecule has 150 valence electrons. The zero-order valence-corrected chi connectivity index (χ0v) is 17.0. The molecular formula is C24H27N3O2. The number of benzene rings is 2. The molecule has 1 saturated heterocycles. The summed E-state index contributed by atoms with van der Waals surface area (Å²) in [6.45, 7) is 3.36. The summed E-state index contributed by atoms with van der Waals surface area (Å²) in [4.78, 5) is 21.6. The van der Waals surface area contributed by atoms with Crippen LogP contribution in [0.4, 0.5) is 0 Å². The molecule has 0 aliphatic carbocycles. The molecule has 0 bridgehead atoms. The Morgan fingerprint density at radius 3 is 2.69 bits per heavy atom. The van der Waals surface area contributed by atoms with Crippen LogP contribution in [0.1, 0.15) is 27.7 Å². The van der Waals surface area contributed by atoms with Crippen LogP contribution < -0.4 is 0 Å². The monoisotopic (exact) mass is 389 g/mol. The van der Waals surface area contributed by atoms with Crippen molar-refractivity contribution in [3.8, 4) is 0 Å². The maximum atomic E-state index is 12.8. The predicted molar refractivity (Wildman–Crippen MR) is 115 cm³/mol. The molecule has 0 spiro atoms. The highest BCUT2D eigenvalue weighted by Crippen LogP contribution is 2.26. The van der Waals surface area contributed by atoms with Crippen LogP contribution in [0.25, 0.3) is 10.9 Å². The fraction of sp³-hybridized carbons (Fsp3) is 0.333. The fourth-order valence-electron chi connectivity index (χ4n) is 3.80. The Morgan fingerprint density at radius 1 is 1.14 bits per heavy atom. The summed E-state index contributed by atoms with van der Waals surface area (Å²) in [6, 6.07) is 20.3. The number of morpholine rings is 1. The smallest absolute Gasteiger partial charge is 0.254 e. The lowest BCUT2D eigenvalue weighted by atomic mass is 10.0. The molecule has 1 aliphatic rings. The van der Waals surface area contributed by atoms with E-state index in [9.17, 15) is 4.79 Å². The number of amides is 1. The van der Waals surface area contributed by atoms with Gasteiger partial charge >= 0.3 is 0 Å². The van der Waals surface area contributed by atoms with E-state index in [4.69, 9.17) is 9.72 Å². The number of carbonyl (C=O) groups excluding carboxylic acids is 1. The van der Waals surface area contributed by atoms with Gasteiger partial charge in [-0.25, -0.2) is 4.98 Å². The summed E-state index contributed by atoms with van der Waals surface area (Å²) in [6.07, 6.45) is 0.890. The number of pyridine rings is 1. The molecule has 1 atom stereocenters. The summed E-state index contributed by atoms with van der Waals surface area (Å²) >= 11 is 0. The summed E-state index contributed by atoms with van der Waals surface area (Å²) < 4.78 is 6.06. The quantitative estimate of drug-likeness (QED) is 0.669. The number of hydrogen-bond donors (Lipinski definition) is 0. The number of ether oxygens (including phenoxy) is 1. The summed E-state index contributed by atoms with van der Waals surface area (Å²) in [5, 5.41) is 0.881. The lowest BCUT2D eigenvalue weighted by molar-refractivity contribution is -0.0315. The molecule has 5 nitrogen and oxygen atoms in total. The van der Waals surface area contributed by atoms with Gasteiger partial charge in [-0.2, -0.15) is 0 Å². The first-order chi connectivity index (χ1) is 14.1. The van der Waals surface area contributed by atoms with Gasteiger partial charge in [0.1, 0.15) is 6.10 Å². The van der Waals surface area contributed by atoms with Crippen LogP contribution in [-0.2, 0) is 11.2 Å². The van der Waals surface area contributed by atoms with E-state index in [1.165, 1.54) is 5.56 Å². The number of aromatic nitrogens is 1. The van der Waals surface area contributed by atoms with Crippen LogP contribution in [0.2, 0.25) is 0 Å². The standard InChI is InChI=1S/C24H27N3O2/c1-26(2)24(28)20-16-22(25-21-11-7-6-10-19(20)21)23-17-27(14-15-29-23)13-12-18-8-4-3-5-9-18/h3-11,16,23H,12-15,17H2,1-2H3/t23-/m0/s1. The SMILES string of the molecule is CN(C)C(=O)c1cc([C@@H]2CN(CCc3ccccc3)CCO2)nc2ccccc12. The van der Waals surface area contributed by atoms with Crippen molar-refractivity contribution >= 4 is 16.8 Å². The molecule has 1 fully saturated rings. The van der Waals surface area contributed by atoms with Crippen molar-refractivity contribution in [1.82, 2.24) is 14.8 Å². The highest BCUT2D eigenvalue weighted by Gasteiger charge is 2.25. The van der Waals surface area contributed by atoms with Crippen LogP contribution in [0, 0.1) is 0 Å². The number of carbonyl (C=O) groups is 1. The molecule has 0 unspecified atom stereocenters. The molecule has 3 aromatic rings. The van der Waals surface area contributed by atoms with Gasteiger partial charge in [0.2, 0.25) is 0 Å². The minimum atomic E-state index is -0.127. The van der Waals surface area contributed by atoms with Crippen molar-refractivity contribution in [2.75, 3.05) is 40.3 Å². The molecule has 0 saturated carbocycles. The Morgan fingerprint density at radius 2 is 1.90 bits per heavy atom. The summed E-state index contributed by atoms with van der Waals surface area (Å²) in [7, 11) is 3.55. The molecule has 29 heavy (non-hydrogen) atoms. The van der Waals surface area contributed by atoms with Gasteiger partial charge in [-0.1, -0.05) is 48.5 Å². The average Bonchev–Trinajstić information content (AvgIpc) is 2.77. The van der Waals surface area contributed by atoms with Gasteiger partial charge in [-0.15, -0.1) is 0 Å². The Hall–Kier alpha value is -2.76. The first kappa shape index (κ1) is 19.6. The molecular weight excluding hydrogens is 362 g/mol. The molecule has 1 aromatic heterocycles. The minimum absolute atomic E-state index is 0.0124. The third-order valence-electron chi connectivity index (χ3n) is 5.41. The van der Waals surface area contributed by atoms with E-state index in [1.54, 1.807) is 19.0 Å². The van der Waals surface area contributed by atoms with E-state index in [0.717, 1.165) is 42.7 Å². The summed E-state index contributed by atoms with van der Waals surface area (Å²) in [5.41, 5.74) is 3.69. The maximum absolute atomic E-state index is 12.8. The highest BCUT2D eigenvalue weighted by atomic mass is 16.5. The Labute approximate surface area is 171 Å². The van der Waals surface area contributed by atoms with Crippen molar-refractivity contribution in [2.45, 2.75) is 12.5 Å². The second-order valence-electron chi connectivity index (χ2n) is 7.71. The van der Waals surface area contributed by atoms with Crippen molar-refractivity contribution < 1.29 is 9.53 Å². The lowest BCUT2D eigenvalue weighted by Gasteiger charge is -2.33. The Balaban J connectivity index is 1.56. The molecule has 2 aromatic carbocycles. The van der Waals surface area contributed by atoms with Crippen LogP contribution in [0.5, 0.6) is 0 Å². The van der Waals surface area contributed by atoms with Crippen LogP contribution in [0.15, 0.2) is 60.7 Å². The average molecular weight is 389 g/mol. The largest absolute Gasteiger partial charge is 0.369 e. The first-order valence-corrected chi connectivity index (χ1v) is 10.1. The van der Waals surface area contributed by atoms with Crippen LogP contribution >= 0.6 is 0 Å². The molecule has 0 radical (unpaired) electrons. The van der Waals surface area contributed by atoms with Crippen LogP contribution in [-0.4, -0.2) is 61.0 Å². The number of para-hydroxylation sites is 1. The van der Waals surface area contributed by atoms with Gasteiger partial charge in [0, 0.05) is 39.1 Å². The van der Waals surface area contributed by atoms with Gasteiger partial charge < -0.3 is 9.64 Å². The number of rotatable bonds is 5. The number of nitrogens with zero attached hydrogens (tertiary/aromatic N) is 3. The van der Waals surface area contributed by atoms with E-state index in [2.05, 4.69) is 29.2 Å². The molecule has 2 heterocycles. The van der Waals surface area contributed by atoms with Gasteiger partial charge in [0.25, 0.3) is 5.91 Å². The van der Waals surface area contributed by atoms with Gasteiger partial charge in [-0.3, -0.25) is 9.69 Å². The third kappa shape index (κ3) is 4.47. The Bertz CT molecular complexity index is 988. The highest BCUT2D eigenvalue weighted by molar-refractivity contribution is 6.06. The van der Waals surface area contributed by atoms with E-state index >= 15 is 0 Å². The van der Waals surface area contributed by atoms with Gasteiger partial charge in [0.05, 0.1) is 23.4 Å². The number of hydrogen-bond acceptors (Lipinski definition) is 4. The van der Waals surface area contributed by atoms with E-state index in [-0.39, 0.29) is 12.0 Å². The van der Waals surface area contributed by atoms with E-state index in [0.29, 0.717) is 12.2 Å². The van der Waals surface area contributed by atoms with Crippen molar-refractivity contribution in [3.05, 3.63) is 77.5 Å². The molecule has 1 amide bonds. The van der Waals surface area contributed by atoms with Crippen molar-refractivity contribution in [3.63, 3.8) is 0 Å². The fourth-order valence-corrected chi connectivity index (χ4v) is 3.80. The van der Waals surface area contributed by atoms with E-state index in [1.807, 2.05) is 36.4 Å². The van der Waals surface area contributed by atoms with Gasteiger partial charge in [-0.05, 0) is 24.1 Å². The second-order valence-corrected chi connectivity index (χ2v) is 7.71. The zero-order chi connectivity index (χ0) is 20.2. The minimum Gasteiger partial charge on any atom is -0.369 e. The third-order valence-corrected chi connectivity index (χ3v) is 5.41. The molecule has 5 heteroatoms. The lowest BCUT2D eigenvalue weighted by Crippen LogP contribution is -2.39. The van der Waals surface area contributed by atoms with Crippen molar-refractivity contribution in [1.29, 1.82) is 0 Å². The first-order valence-electron chi connectivity index (χ1n) is 10.1. The van der Waals surface area contributed by atoms with E-state index < -0.39 is 0 Å².